The highest BCUT2D eigenvalue weighted by Gasteiger charge is 2.17. The Morgan fingerprint density at radius 1 is 1.41 bits per heavy atom. The van der Waals surface area contributed by atoms with Gasteiger partial charge in [0.1, 0.15) is 11.4 Å². The van der Waals surface area contributed by atoms with Gasteiger partial charge in [-0.3, -0.25) is 4.79 Å². The summed E-state index contributed by atoms with van der Waals surface area (Å²) in [6.45, 7) is 6.50. The monoisotopic (exact) mass is 243 g/mol. The summed E-state index contributed by atoms with van der Waals surface area (Å²) in [6.07, 6.45) is 2.88. The van der Waals surface area contributed by atoms with E-state index in [-0.39, 0.29) is 18.8 Å². The molecule has 5 nitrogen and oxygen atoms in total. The van der Waals surface area contributed by atoms with E-state index in [0.29, 0.717) is 0 Å². The lowest BCUT2D eigenvalue weighted by Crippen LogP contribution is -2.39. The zero-order chi connectivity index (χ0) is 13.5. The van der Waals surface area contributed by atoms with Gasteiger partial charge in [0.25, 0.3) is 0 Å². The zero-order valence-corrected chi connectivity index (χ0v) is 10.8. The summed E-state index contributed by atoms with van der Waals surface area (Å²) in [4.78, 5) is 22.1. The minimum Gasteiger partial charge on any atom is -0.444 e. The van der Waals surface area contributed by atoms with Gasteiger partial charge in [-0.15, -0.1) is 0 Å². The lowest BCUT2D eigenvalue weighted by molar-refractivity contribution is -0.116. The standard InChI is InChI=1S/C12H21NO4/c1-9(15)6-5-7-10(8-14)13-11(16)17-12(2,3)4/h5,7,10,14H,6,8H2,1-4H3,(H,13,16)/b7-5+/t10-/m0/s1. The van der Waals surface area contributed by atoms with Crippen LogP contribution >= 0.6 is 0 Å². The number of Topliss-reactive ketones (excluding diaryl/α,β-unsaturated/α-hetero) is 1. The fourth-order valence-corrected chi connectivity index (χ4v) is 1.01. The molecule has 98 valence electrons. The molecule has 0 spiro atoms. The highest BCUT2D eigenvalue weighted by molar-refractivity contribution is 5.77. The van der Waals surface area contributed by atoms with E-state index in [1.807, 2.05) is 0 Å². The molecule has 0 rings (SSSR count). The summed E-state index contributed by atoms with van der Waals surface area (Å²) in [7, 11) is 0. The number of ketones is 1. The Kier molecular flexibility index (Phi) is 6.50. The number of aliphatic hydroxyl groups is 1. The summed E-state index contributed by atoms with van der Waals surface area (Å²) in [5.41, 5.74) is -0.576. The maximum atomic E-state index is 11.4. The first kappa shape index (κ1) is 15.6. The Balaban J connectivity index is 4.17. The van der Waals surface area contributed by atoms with Crippen LogP contribution in [0.5, 0.6) is 0 Å². The van der Waals surface area contributed by atoms with Crippen molar-refractivity contribution in [2.75, 3.05) is 6.61 Å². The van der Waals surface area contributed by atoms with Crippen LogP contribution in [0, 0.1) is 0 Å². The van der Waals surface area contributed by atoms with Crippen LogP contribution in [0.3, 0.4) is 0 Å². The third-order valence-electron chi connectivity index (χ3n) is 1.67. The van der Waals surface area contributed by atoms with Gasteiger partial charge < -0.3 is 15.2 Å². The third kappa shape index (κ3) is 9.56. The Hall–Kier alpha value is -1.36. The van der Waals surface area contributed by atoms with Crippen LogP contribution in [0.2, 0.25) is 0 Å². The molecule has 5 heteroatoms. The molecule has 2 N–H and O–H groups in total. The number of rotatable bonds is 5. The van der Waals surface area contributed by atoms with Gasteiger partial charge in [-0.05, 0) is 27.7 Å². The lowest BCUT2D eigenvalue weighted by atomic mass is 10.2. The Bertz CT molecular complexity index is 291. The smallest absolute Gasteiger partial charge is 0.408 e. The van der Waals surface area contributed by atoms with Crippen LogP contribution in [0.15, 0.2) is 12.2 Å². The molecular weight excluding hydrogens is 222 g/mol. The van der Waals surface area contributed by atoms with Crippen LogP contribution in [-0.4, -0.2) is 35.2 Å². The molecule has 0 saturated carbocycles. The molecule has 0 radical (unpaired) electrons. The number of amides is 1. The topological polar surface area (TPSA) is 75.6 Å². The van der Waals surface area contributed by atoms with Gasteiger partial charge in [-0.1, -0.05) is 12.2 Å². The molecule has 0 aromatic heterocycles. The maximum absolute atomic E-state index is 11.4. The second kappa shape index (κ2) is 7.06. The van der Waals surface area contributed by atoms with Gasteiger partial charge in [0.2, 0.25) is 0 Å². The average Bonchev–Trinajstić information content (AvgIpc) is 2.12. The number of hydrogen-bond acceptors (Lipinski definition) is 4. The molecule has 17 heavy (non-hydrogen) atoms. The summed E-state index contributed by atoms with van der Waals surface area (Å²) in [5.74, 6) is 0.0233. The molecule has 0 aliphatic carbocycles. The normalized spacial score (nSPS) is 13.5. The summed E-state index contributed by atoms with van der Waals surface area (Å²) < 4.78 is 5.04. The fraction of sp³-hybridized carbons (Fsp3) is 0.667. The zero-order valence-electron chi connectivity index (χ0n) is 10.8. The molecule has 1 amide bonds. The van der Waals surface area contributed by atoms with Crippen molar-refractivity contribution in [1.82, 2.24) is 5.32 Å². The number of carbonyl (C=O) groups is 2. The largest absolute Gasteiger partial charge is 0.444 e. The first-order chi connectivity index (χ1) is 7.74. The molecular formula is C12H21NO4. The van der Waals surface area contributed by atoms with Crippen molar-refractivity contribution in [3.8, 4) is 0 Å². The quantitative estimate of drug-likeness (QED) is 0.716. The second-order valence-electron chi connectivity index (χ2n) is 4.77. The minimum absolute atomic E-state index is 0.0233. The van der Waals surface area contributed by atoms with Gasteiger partial charge in [-0.2, -0.15) is 0 Å². The average molecular weight is 243 g/mol. The van der Waals surface area contributed by atoms with E-state index in [2.05, 4.69) is 5.32 Å². The molecule has 0 aromatic rings. The number of alkyl carbamates (subject to hydrolysis) is 1. The number of aliphatic hydroxyl groups excluding tert-OH is 1. The number of ether oxygens (including phenoxy) is 1. The lowest BCUT2D eigenvalue weighted by Gasteiger charge is -2.21. The van der Waals surface area contributed by atoms with Crippen LogP contribution in [0.25, 0.3) is 0 Å². The first-order valence-electron chi connectivity index (χ1n) is 5.51. The number of carbonyl (C=O) groups excluding carboxylic acids is 2. The van der Waals surface area contributed by atoms with Crippen molar-refractivity contribution in [3.05, 3.63) is 12.2 Å². The maximum Gasteiger partial charge on any atom is 0.408 e. The van der Waals surface area contributed by atoms with Crippen LogP contribution in [-0.2, 0) is 9.53 Å². The molecule has 0 aliphatic rings. The van der Waals surface area contributed by atoms with Crippen molar-refractivity contribution in [3.63, 3.8) is 0 Å². The molecule has 0 heterocycles. The van der Waals surface area contributed by atoms with Gasteiger partial charge in [0.15, 0.2) is 0 Å². The first-order valence-corrected chi connectivity index (χ1v) is 5.51. The molecule has 0 bridgehead atoms. The van der Waals surface area contributed by atoms with E-state index in [1.165, 1.54) is 6.92 Å². The molecule has 1 atom stereocenters. The minimum atomic E-state index is -0.593. The number of hydrogen-bond donors (Lipinski definition) is 2. The van der Waals surface area contributed by atoms with E-state index in [0.717, 1.165) is 0 Å². The van der Waals surface area contributed by atoms with Crippen LogP contribution in [0.4, 0.5) is 4.79 Å². The second-order valence-corrected chi connectivity index (χ2v) is 4.77. The van der Waals surface area contributed by atoms with Gasteiger partial charge >= 0.3 is 6.09 Å². The van der Waals surface area contributed by atoms with E-state index >= 15 is 0 Å². The van der Waals surface area contributed by atoms with Crippen LogP contribution in [0.1, 0.15) is 34.1 Å². The van der Waals surface area contributed by atoms with Gasteiger partial charge in [-0.25, -0.2) is 4.79 Å². The highest BCUT2D eigenvalue weighted by atomic mass is 16.6. The van der Waals surface area contributed by atoms with E-state index in [1.54, 1.807) is 32.9 Å². The van der Waals surface area contributed by atoms with Crippen LogP contribution < -0.4 is 5.32 Å². The van der Waals surface area contributed by atoms with Crippen molar-refractivity contribution < 1.29 is 19.4 Å². The van der Waals surface area contributed by atoms with Crippen molar-refractivity contribution in [2.24, 2.45) is 0 Å². The predicted molar refractivity (Wildman–Crippen MR) is 64.7 cm³/mol. The molecule has 0 aliphatic heterocycles. The summed E-state index contributed by atoms with van der Waals surface area (Å²) in [5, 5.41) is 11.5. The Labute approximate surface area is 102 Å². The van der Waals surface area contributed by atoms with Crippen molar-refractivity contribution >= 4 is 11.9 Å². The Morgan fingerprint density at radius 2 is 2.00 bits per heavy atom. The van der Waals surface area contributed by atoms with E-state index in [4.69, 9.17) is 9.84 Å². The summed E-state index contributed by atoms with van der Waals surface area (Å²) in [6, 6.07) is -0.538. The molecule has 0 fully saturated rings. The van der Waals surface area contributed by atoms with E-state index < -0.39 is 17.7 Å². The third-order valence-corrected chi connectivity index (χ3v) is 1.67. The van der Waals surface area contributed by atoms with Crippen molar-refractivity contribution in [1.29, 1.82) is 0 Å². The molecule has 0 unspecified atom stereocenters. The molecule has 0 aromatic carbocycles. The summed E-state index contributed by atoms with van der Waals surface area (Å²) >= 11 is 0. The molecule has 0 saturated heterocycles. The SMILES string of the molecule is CC(=O)C/C=C/[C@@H](CO)NC(=O)OC(C)(C)C. The predicted octanol–water partition coefficient (Wildman–Crippen LogP) is 1.41. The highest BCUT2D eigenvalue weighted by Crippen LogP contribution is 2.06. The van der Waals surface area contributed by atoms with Gasteiger partial charge in [0.05, 0.1) is 12.6 Å². The van der Waals surface area contributed by atoms with Crippen molar-refractivity contribution in [2.45, 2.75) is 45.8 Å². The van der Waals surface area contributed by atoms with E-state index in [9.17, 15) is 9.59 Å². The van der Waals surface area contributed by atoms with Gasteiger partial charge in [0, 0.05) is 6.42 Å². The number of nitrogens with one attached hydrogen (secondary N) is 1. The Morgan fingerprint density at radius 3 is 2.41 bits per heavy atom. The fourth-order valence-electron chi connectivity index (χ4n) is 1.01. The number of allylic oxidation sites excluding steroid dienone is 1.